The minimum absolute atomic E-state index is 0.0822. The minimum Gasteiger partial charge on any atom is -0.351 e. The van der Waals surface area contributed by atoms with E-state index in [1.54, 1.807) is 24.3 Å². The van der Waals surface area contributed by atoms with E-state index < -0.39 is 32.0 Å². The first-order valence-electron chi connectivity index (χ1n) is 12.1. The van der Waals surface area contributed by atoms with Crippen molar-refractivity contribution >= 4 is 26.0 Å². The van der Waals surface area contributed by atoms with Crippen LogP contribution in [-0.4, -0.2) is 46.2 Å². The molecule has 0 saturated carbocycles. The standard InChI is InChI=1S/C27H31N3O5S2/c1-21-9-13-24(14-10-21)36(32,33)29-26(19-22-7-3-2-4-8-22)27(31)28-20-23-11-15-25(16-12-23)37(34,35)30-17-5-6-18-30/h2-4,7-16,26,29H,5-6,17-20H2,1H3,(H,28,31)/t26-/m0/s1. The van der Waals surface area contributed by atoms with Gasteiger partial charge in [-0.2, -0.15) is 9.03 Å². The summed E-state index contributed by atoms with van der Waals surface area (Å²) >= 11 is 0. The number of aryl methyl sites for hydroxylation is 1. The Morgan fingerprint density at radius 1 is 0.811 bits per heavy atom. The third-order valence-corrected chi connectivity index (χ3v) is 9.72. The van der Waals surface area contributed by atoms with Crippen molar-refractivity contribution in [2.45, 2.75) is 48.6 Å². The van der Waals surface area contributed by atoms with Gasteiger partial charge in [-0.3, -0.25) is 4.79 Å². The Morgan fingerprint density at radius 3 is 2.03 bits per heavy atom. The lowest BCUT2D eigenvalue weighted by Gasteiger charge is -2.19. The Bertz CT molecular complexity index is 1420. The number of hydrogen-bond donors (Lipinski definition) is 2. The Kier molecular flexibility index (Phi) is 8.43. The van der Waals surface area contributed by atoms with Gasteiger partial charge < -0.3 is 5.32 Å². The van der Waals surface area contributed by atoms with E-state index in [-0.39, 0.29) is 22.8 Å². The van der Waals surface area contributed by atoms with Crippen LogP contribution < -0.4 is 10.0 Å². The van der Waals surface area contributed by atoms with Crippen LogP contribution in [0.4, 0.5) is 0 Å². The molecule has 0 spiro atoms. The van der Waals surface area contributed by atoms with E-state index in [1.165, 1.54) is 28.6 Å². The van der Waals surface area contributed by atoms with Gasteiger partial charge >= 0.3 is 0 Å². The van der Waals surface area contributed by atoms with Crippen molar-refractivity contribution < 1.29 is 21.6 Å². The molecule has 0 radical (unpaired) electrons. The van der Waals surface area contributed by atoms with Gasteiger partial charge in [0.1, 0.15) is 6.04 Å². The first-order valence-corrected chi connectivity index (χ1v) is 15.1. The monoisotopic (exact) mass is 541 g/mol. The maximum atomic E-state index is 13.1. The fourth-order valence-corrected chi connectivity index (χ4v) is 6.89. The lowest BCUT2D eigenvalue weighted by molar-refractivity contribution is -0.122. The molecular formula is C27H31N3O5S2. The van der Waals surface area contributed by atoms with Gasteiger partial charge in [0.2, 0.25) is 26.0 Å². The highest BCUT2D eigenvalue weighted by atomic mass is 32.2. The fourth-order valence-electron chi connectivity index (χ4n) is 4.18. The highest BCUT2D eigenvalue weighted by Crippen LogP contribution is 2.21. The second-order valence-electron chi connectivity index (χ2n) is 9.15. The van der Waals surface area contributed by atoms with Crippen LogP contribution in [0.15, 0.2) is 88.7 Å². The molecule has 2 N–H and O–H groups in total. The Hall–Kier alpha value is -3.05. The highest BCUT2D eigenvalue weighted by molar-refractivity contribution is 7.89. The third-order valence-electron chi connectivity index (χ3n) is 6.32. The predicted octanol–water partition coefficient (Wildman–Crippen LogP) is 2.99. The molecule has 3 aromatic rings. The first-order chi connectivity index (χ1) is 17.6. The quantitative estimate of drug-likeness (QED) is 0.410. The van der Waals surface area contributed by atoms with Crippen LogP contribution >= 0.6 is 0 Å². The number of carbonyl (C=O) groups excluding carboxylic acids is 1. The van der Waals surface area contributed by atoms with Crippen LogP contribution in [-0.2, 0) is 37.8 Å². The van der Waals surface area contributed by atoms with Crippen molar-refractivity contribution in [3.8, 4) is 0 Å². The van der Waals surface area contributed by atoms with Crippen LogP contribution in [0.3, 0.4) is 0 Å². The summed E-state index contributed by atoms with van der Waals surface area (Å²) in [5, 5.41) is 2.79. The molecule has 1 fully saturated rings. The zero-order valence-corrected chi connectivity index (χ0v) is 22.3. The predicted molar refractivity (Wildman–Crippen MR) is 142 cm³/mol. The van der Waals surface area contributed by atoms with Gasteiger partial charge in [0, 0.05) is 19.6 Å². The number of benzene rings is 3. The summed E-state index contributed by atoms with van der Waals surface area (Å²) < 4.78 is 55.5. The molecule has 0 aliphatic carbocycles. The number of amides is 1. The van der Waals surface area contributed by atoms with Gasteiger partial charge in [-0.15, -0.1) is 0 Å². The summed E-state index contributed by atoms with van der Waals surface area (Å²) in [6, 6.07) is 21.0. The van der Waals surface area contributed by atoms with Crippen molar-refractivity contribution in [3.05, 3.63) is 95.6 Å². The van der Waals surface area contributed by atoms with Gasteiger partial charge in [-0.05, 0) is 61.6 Å². The summed E-state index contributed by atoms with van der Waals surface area (Å²) in [5.74, 6) is -0.478. The number of hydrogen-bond acceptors (Lipinski definition) is 5. The lowest BCUT2D eigenvalue weighted by atomic mass is 10.1. The molecule has 0 aromatic heterocycles. The van der Waals surface area contributed by atoms with Crippen molar-refractivity contribution in [1.29, 1.82) is 0 Å². The number of rotatable bonds is 10. The molecule has 10 heteroatoms. The lowest BCUT2D eigenvalue weighted by Crippen LogP contribution is -2.47. The summed E-state index contributed by atoms with van der Waals surface area (Å²) in [4.78, 5) is 13.4. The van der Waals surface area contributed by atoms with E-state index in [4.69, 9.17) is 0 Å². The smallest absolute Gasteiger partial charge is 0.243 e. The molecule has 3 aromatic carbocycles. The molecule has 1 aliphatic rings. The van der Waals surface area contributed by atoms with Crippen LogP contribution in [0.5, 0.6) is 0 Å². The molecule has 196 valence electrons. The van der Waals surface area contributed by atoms with E-state index in [1.807, 2.05) is 37.3 Å². The molecule has 4 rings (SSSR count). The Morgan fingerprint density at radius 2 is 1.41 bits per heavy atom. The van der Waals surface area contributed by atoms with Gasteiger partial charge in [0.15, 0.2) is 0 Å². The second kappa shape index (κ2) is 11.6. The van der Waals surface area contributed by atoms with Crippen LogP contribution in [0, 0.1) is 6.92 Å². The van der Waals surface area contributed by atoms with E-state index in [0.717, 1.165) is 24.0 Å². The topological polar surface area (TPSA) is 113 Å². The second-order valence-corrected chi connectivity index (χ2v) is 12.8. The molecular weight excluding hydrogens is 510 g/mol. The average Bonchev–Trinajstić information content (AvgIpc) is 3.44. The first kappa shape index (κ1) is 27.0. The van der Waals surface area contributed by atoms with E-state index in [0.29, 0.717) is 18.7 Å². The van der Waals surface area contributed by atoms with Crippen molar-refractivity contribution in [2.75, 3.05) is 13.1 Å². The molecule has 1 atom stereocenters. The van der Waals surface area contributed by atoms with E-state index in [9.17, 15) is 21.6 Å². The summed E-state index contributed by atoms with van der Waals surface area (Å²) in [6.07, 6.45) is 1.90. The summed E-state index contributed by atoms with van der Waals surface area (Å²) in [6.45, 7) is 3.05. The summed E-state index contributed by atoms with van der Waals surface area (Å²) in [7, 11) is -7.45. The van der Waals surface area contributed by atoms with Crippen LogP contribution in [0.1, 0.15) is 29.5 Å². The molecule has 1 amide bonds. The fraction of sp³-hybridized carbons (Fsp3) is 0.296. The maximum Gasteiger partial charge on any atom is 0.243 e. The maximum absolute atomic E-state index is 13.1. The van der Waals surface area contributed by atoms with Gasteiger partial charge in [0.25, 0.3) is 0 Å². The minimum atomic E-state index is -3.94. The highest BCUT2D eigenvalue weighted by Gasteiger charge is 2.28. The zero-order valence-electron chi connectivity index (χ0n) is 20.6. The summed E-state index contributed by atoms with van der Waals surface area (Å²) in [5.41, 5.74) is 2.44. The molecule has 1 saturated heterocycles. The van der Waals surface area contributed by atoms with Gasteiger partial charge in [0.05, 0.1) is 9.79 Å². The van der Waals surface area contributed by atoms with Gasteiger partial charge in [-0.1, -0.05) is 60.2 Å². The molecule has 1 heterocycles. The van der Waals surface area contributed by atoms with E-state index in [2.05, 4.69) is 10.0 Å². The third kappa shape index (κ3) is 6.84. The number of nitrogens with zero attached hydrogens (tertiary/aromatic N) is 1. The number of nitrogens with one attached hydrogen (secondary N) is 2. The van der Waals surface area contributed by atoms with Gasteiger partial charge in [-0.25, -0.2) is 16.8 Å². The normalized spacial score (nSPS) is 15.4. The zero-order chi connectivity index (χ0) is 26.5. The number of sulfonamides is 2. The average molecular weight is 542 g/mol. The van der Waals surface area contributed by atoms with Crippen LogP contribution in [0.2, 0.25) is 0 Å². The SMILES string of the molecule is Cc1ccc(S(=O)(=O)N[C@@H](Cc2ccccc2)C(=O)NCc2ccc(S(=O)(=O)N3CCCC3)cc2)cc1. The van der Waals surface area contributed by atoms with Crippen molar-refractivity contribution in [2.24, 2.45) is 0 Å². The molecule has 0 unspecified atom stereocenters. The number of carbonyl (C=O) groups is 1. The van der Waals surface area contributed by atoms with E-state index >= 15 is 0 Å². The Labute approximate surface area is 218 Å². The molecule has 0 bridgehead atoms. The molecule has 37 heavy (non-hydrogen) atoms. The Balaban J connectivity index is 1.46. The van der Waals surface area contributed by atoms with Crippen molar-refractivity contribution in [3.63, 3.8) is 0 Å². The largest absolute Gasteiger partial charge is 0.351 e. The molecule has 8 nitrogen and oxygen atoms in total. The molecule has 1 aliphatic heterocycles. The van der Waals surface area contributed by atoms with Crippen LogP contribution in [0.25, 0.3) is 0 Å². The van der Waals surface area contributed by atoms with Crippen molar-refractivity contribution in [1.82, 2.24) is 14.3 Å².